The largest absolute Gasteiger partial charge is 0.443 e. The number of fused-ring (bicyclic) bond motifs is 1. The van der Waals surface area contributed by atoms with Crippen LogP contribution in [0.25, 0.3) is 21.3 Å². The average Bonchev–Trinajstić information content (AvgIpc) is 3.65. The number of hydrogen-bond acceptors (Lipinski definition) is 12. The van der Waals surface area contributed by atoms with Crippen molar-refractivity contribution in [2.24, 2.45) is 0 Å². The number of carbonyl (C=O) groups is 2. The second kappa shape index (κ2) is 14.5. The predicted octanol–water partition coefficient (Wildman–Crippen LogP) is 5.80. The first-order valence-corrected chi connectivity index (χ1v) is 19.7. The Kier molecular flexibility index (Phi) is 10.7. The molecule has 2 amide bonds. The minimum atomic E-state index is -4.15. The lowest BCUT2D eigenvalue weighted by molar-refractivity contribution is 0.0569. The van der Waals surface area contributed by atoms with Crippen LogP contribution in [0.3, 0.4) is 0 Å². The van der Waals surface area contributed by atoms with Crippen LogP contribution in [0.15, 0.2) is 71.1 Å². The van der Waals surface area contributed by atoms with E-state index in [4.69, 9.17) is 20.8 Å². The van der Waals surface area contributed by atoms with Gasteiger partial charge in [-0.05, 0) is 61.7 Å². The summed E-state index contributed by atoms with van der Waals surface area (Å²) in [5.41, 5.74) is 2.03. The number of sulfone groups is 1. The molecule has 0 aliphatic heterocycles. The monoisotopic (exact) mass is 759 g/mol. The number of nitrogens with one attached hydrogen (secondary N) is 1. The summed E-state index contributed by atoms with van der Waals surface area (Å²) in [7, 11) is -4.94. The lowest BCUT2D eigenvalue weighted by Gasteiger charge is -2.19. The lowest BCUT2D eigenvalue weighted by Crippen LogP contribution is -2.37. The standard InChI is InChI=1S/C33H34ClN5O8S3/c1-33(2,3)47-32(41)38-50(44,45)16-15-27-36-37-29(46-27)28(49(42,43)19-20-9-7-6-8-10-20)30-35-25-14-12-22(18-26(25)48-30)21-11-13-23(24(34)17-21)31(40)39(4)5/h6-14,17-18,28H,15-16,19H2,1-5H3,(H,38,41). The van der Waals surface area contributed by atoms with Gasteiger partial charge in [-0.1, -0.05) is 54.1 Å². The van der Waals surface area contributed by atoms with E-state index in [-0.39, 0.29) is 34.9 Å². The number of amides is 2. The number of benzene rings is 3. The van der Waals surface area contributed by atoms with Crippen LogP contribution in [-0.2, 0) is 36.8 Å². The van der Waals surface area contributed by atoms with Gasteiger partial charge >= 0.3 is 6.09 Å². The third-order valence-corrected chi connectivity index (χ3v) is 11.7. The molecule has 264 valence electrons. The molecule has 0 radical (unpaired) electrons. The van der Waals surface area contributed by atoms with E-state index in [0.717, 1.165) is 22.5 Å². The quantitative estimate of drug-likeness (QED) is 0.172. The van der Waals surface area contributed by atoms with Crippen molar-refractivity contribution >= 4 is 65.0 Å². The Morgan fingerprint density at radius 2 is 1.66 bits per heavy atom. The van der Waals surface area contributed by atoms with Crippen LogP contribution < -0.4 is 4.72 Å². The Bertz CT molecular complexity index is 2260. The average molecular weight is 760 g/mol. The third kappa shape index (κ3) is 9.04. The number of carbonyl (C=O) groups excluding carboxylic acids is 2. The van der Waals surface area contributed by atoms with Crippen molar-refractivity contribution < 1.29 is 35.6 Å². The van der Waals surface area contributed by atoms with Crippen LogP contribution in [0, 0.1) is 0 Å². The van der Waals surface area contributed by atoms with Gasteiger partial charge in [0.1, 0.15) is 10.6 Å². The van der Waals surface area contributed by atoms with Crippen LogP contribution in [0.4, 0.5) is 4.79 Å². The molecule has 5 rings (SSSR count). The van der Waals surface area contributed by atoms with Gasteiger partial charge in [0.15, 0.2) is 15.1 Å². The van der Waals surface area contributed by atoms with E-state index in [1.807, 2.05) is 16.9 Å². The minimum Gasteiger partial charge on any atom is -0.443 e. The van der Waals surface area contributed by atoms with Gasteiger partial charge in [0.25, 0.3) is 5.91 Å². The maximum atomic E-state index is 14.0. The summed E-state index contributed by atoms with van der Waals surface area (Å²) in [5.74, 6) is -1.61. The molecule has 0 spiro atoms. The molecule has 2 heterocycles. The number of sulfonamides is 1. The summed E-state index contributed by atoms with van der Waals surface area (Å²) in [6.07, 6.45) is -1.43. The molecule has 0 saturated carbocycles. The van der Waals surface area contributed by atoms with Gasteiger partial charge in [-0.2, -0.15) is 0 Å². The molecule has 0 fully saturated rings. The molecule has 0 saturated heterocycles. The number of halogens is 1. The molecular formula is C33H34ClN5O8S3. The normalized spacial score (nSPS) is 12.8. The Labute approximate surface area is 298 Å². The van der Waals surface area contributed by atoms with E-state index in [0.29, 0.717) is 26.4 Å². The highest BCUT2D eigenvalue weighted by atomic mass is 35.5. The molecule has 1 unspecified atom stereocenters. The highest BCUT2D eigenvalue weighted by molar-refractivity contribution is 7.91. The van der Waals surface area contributed by atoms with Gasteiger partial charge in [-0.3, -0.25) is 4.79 Å². The Balaban J connectivity index is 1.46. The van der Waals surface area contributed by atoms with Gasteiger partial charge in [-0.15, -0.1) is 21.5 Å². The van der Waals surface area contributed by atoms with Crippen molar-refractivity contribution in [3.63, 3.8) is 0 Å². The lowest BCUT2D eigenvalue weighted by atomic mass is 10.0. The zero-order valence-corrected chi connectivity index (χ0v) is 30.9. The number of thiazole rings is 1. The van der Waals surface area contributed by atoms with Gasteiger partial charge in [0, 0.05) is 20.5 Å². The first kappa shape index (κ1) is 36.9. The SMILES string of the molecule is CN(C)C(=O)c1ccc(-c2ccc3nc(C(c4nnc(CCS(=O)(=O)NC(=O)OC(C)(C)C)o4)S(=O)(=O)Cc4ccccc4)sc3c2)cc1Cl. The number of aryl methyl sites for hydroxylation is 1. The zero-order chi connectivity index (χ0) is 36.4. The van der Waals surface area contributed by atoms with E-state index >= 15 is 0 Å². The number of hydrogen-bond donors (Lipinski definition) is 1. The Morgan fingerprint density at radius 1 is 0.980 bits per heavy atom. The molecule has 0 aliphatic carbocycles. The molecule has 0 bridgehead atoms. The number of rotatable bonds is 11. The molecular weight excluding hydrogens is 726 g/mol. The van der Waals surface area contributed by atoms with Crippen molar-refractivity contribution in [1.29, 1.82) is 0 Å². The second-order valence-electron chi connectivity index (χ2n) is 12.5. The number of nitrogens with zero attached hydrogens (tertiary/aromatic N) is 4. The summed E-state index contributed by atoms with van der Waals surface area (Å²) in [4.78, 5) is 30.5. The zero-order valence-electron chi connectivity index (χ0n) is 27.7. The predicted molar refractivity (Wildman–Crippen MR) is 190 cm³/mol. The van der Waals surface area contributed by atoms with E-state index in [9.17, 15) is 26.4 Å². The van der Waals surface area contributed by atoms with E-state index in [1.54, 1.807) is 89.5 Å². The highest BCUT2D eigenvalue weighted by Gasteiger charge is 2.37. The van der Waals surface area contributed by atoms with E-state index in [1.165, 1.54) is 4.90 Å². The van der Waals surface area contributed by atoms with Crippen molar-refractivity contribution in [1.82, 2.24) is 24.8 Å². The van der Waals surface area contributed by atoms with Crippen molar-refractivity contribution in [2.75, 3.05) is 19.8 Å². The van der Waals surface area contributed by atoms with Gasteiger partial charge in [0.2, 0.25) is 21.8 Å². The first-order chi connectivity index (χ1) is 23.4. The summed E-state index contributed by atoms with van der Waals surface area (Å²) < 4.78 is 66.4. The van der Waals surface area contributed by atoms with E-state index < -0.39 is 42.6 Å². The highest BCUT2D eigenvalue weighted by Crippen LogP contribution is 2.38. The molecule has 5 aromatic rings. The minimum absolute atomic E-state index is 0.147. The number of aromatic nitrogens is 3. The topological polar surface area (TPSA) is 179 Å². The van der Waals surface area contributed by atoms with Crippen LogP contribution in [-0.4, -0.2) is 74.4 Å². The fraction of sp³-hybridized carbons (Fsp3) is 0.303. The number of ether oxygens (including phenoxy) is 1. The third-order valence-electron chi connectivity index (χ3n) is 7.07. The first-order valence-electron chi connectivity index (χ1n) is 15.1. The maximum Gasteiger partial charge on any atom is 0.421 e. The fourth-order valence-electron chi connectivity index (χ4n) is 4.82. The van der Waals surface area contributed by atoms with Gasteiger partial charge in [-0.25, -0.2) is 31.3 Å². The smallest absolute Gasteiger partial charge is 0.421 e. The van der Waals surface area contributed by atoms with Crippen LogP contribution >= 0.6 is 22.9 Å². The van der Waals surface area contributed by atoms with Crippen LogP contribution in [0.5, 0.6) is 0 Å². The van der Waals surface area contributed by atoms with E-state index in [2.05, 4.69) is 15.2 Å². The van der Waals surface area contributed by atoms with Crippen molar-refractivity contribution in [3.05, 3.63) is 99.7 Å². The molecule has 1 N–H and O–H groups in total. The summed E-state index contributed by atoms with van der Waals surface area (Å²) >= 11 is 7.59. The fourth-order valence-corrected chi connectivity index (χ4v) is 9.07. The molecule has 13 nitrogen and oxygen atoms in total. The molecule has 17 heteroatoms. The Morgan fingerprint density at radius 3 is 2.32 bits per heavy atom. The summed E-state index contributed by atoms with van der Waals surface area (Å²) in [6, 6.07) is 19.1. The molecule has 0 aliphatic rings. The summed E-state index contributed by atoms with van der Waals surface area (Å²) in [5, 5.41) is 6.93. The molecule has 1 atom stereocenters. The van der Waals surface area contributed by atoms with Crippen molar-refractivity contribution in [2.45, 2.75) is 43.8 Å². The Hall–Kier alpha value is -4.38. The maximum absolute atomic E-state index is 14.0. The second-order valence-corrected chi connectivity index (χ2v) is 17.9. The van der Waals surface area contributed by atoms with Crippen LogP contribution in [0.2, 0.25) is 5.02 Å². The summed E-state index contributed by atoms with van der Waals surface area (Å²) in [6.45, 7) is 4.78. The van der Waals surface area contributed by atoms with Crippen molar-refractivity contribution in [3.8, 4) is 11.1 Å². The van der Waals surface area contributed by atoms with Gasteiger partial charge in [0.05, 0.1) is 32.3 Å². The molecule has 3 aromatic carbocycles. The molecule has 50 heavy (non-hydrogen) atoms. The van der Waals surface area contributed by atoms with Gasteiger partial charge < -0.3 is 14.1 Å². The van der Waals surface area contributed by atoms with Crippen LogP contribution in [0.1, 0.15) is 58.7 Å². The molecule has 2 aromatic heterocycles.